The van der Waals surface area contributed by atoms with Crippen LogP contribution in [0.2, 0.25) is 0 Å². The molecule has 0 saturated carbocycles. The van der Waals surface area contributed by atoms with E-state index in [2.05, 4.69) is 15.1 Å². The molecule has 2 aromatic rings. The van der Waals surface area contributed by atoms with E-state index in [-0.39, 0.29) is 0 Å². The molecule has 3 rings (SSSR count). The first-order valence-electron chi connectivity index (χ1n) is 6.21. The first-order valence-corrected chi connectivity index (χ1v) is 6.21. The molecule has 1 fully saturated rings. The molecule has 0 aliphatic carbocycles. The van der Waals surface area contributed by atoms with Crippen LogP contribution in [0.5, 0.6) is 0 Å². The fraction of sp³-hybridized carbons (Fsp3) is 0.462. The van der Waals surface area contributed by atoms with Crippen molar-refractivity contribution in [1.82, 2.24) is 15.1 Å². The van der Waals surface area contributed by atoms with Crippen LogP contribution in [0.3, 0.4) is 0 Å². The molecule has 1 aliphatic heterocycles. The zero-order chi connectivity index (χ0) is 12.2. The molecule has 0 unspecified atom stereocenters. The summed E-state index contributed by atoms with van der Waals surface area (Å²) >= 11 is 0. The third-order valence-electron chi connectivity index (χ3n) is 3.17. The average molecular weight is 245 g/mol. The van der Waals surface area contributed by atoms with Crippen LogP contribution in [0.1, 0.15) is 36.0 Å². The molecule has 0 radical (unpaired) electrons. The molecule has 0 amide bonds. The first kappa shape index (κ1) is 11.3. The van der Waals surface area contributed by atoms with Crippen LogP contribution in [0.4, 0.5) is 0 Å². The first-order chi connectivity index (χ1) is 8.92. The van der Waals surface area contributed by atoms with Gasteiger partial charge in [0, 0.05) is 31.5 Å². The van der Waals surface area contributed by atoms with Crippen LogP contribution in [0.15, 0.2) is 29.0 Å². The predicted molar refractivity (Wildman–Crippen MR) is 64.1 cm³/mol. The average Bonchev–Trinajstić information content (AvgIpc) is 2.89. The van der Waals surface area contributed by atoms with E-state index in [1.54, 1.807) is 12.4 Å². The molecule has 94 valence electrons. The molecular weight excluding hydrogens is 230 g/mol. The lowest BCUT2D eigenvalue weighted by molar-refractivity contribution is 0.0830. The van der Waals surface area contributed by atoms with E-state index in [4.69, 9.17) is 9.26 Å². The lowest BCUT2D eigenvalue weighted by atomic mass is 10.00. The van der Waals surface area contributed by atoms with Crippen molar-refractivity contribution in [1.29, 1.82) is 0 Å². The lowest BCUT2D eigenvalue weighted by Gasteiger charge is -2.18. The zero-order valence-corrected chi connectivity index (χ0v) is 10.1. The predicted octanol–water partition coefficient (Wildman–Crippen LogP) is 1.95. The van der Waals surface area contributed by atoms with E-state index >= 15 is 0 Å². The van der Waals surface area contributed by atoms with Gasteiger partial charge in [0.1, 0.15) is 0 Å². The molecule has 0 bridgehead atoms. The fourth-order valence-corrected chi connectivity index (χ4v) is 2.14. The van der Waals surface area contributed by atoms with Gasteiger partial charge in [0.05, 0.1) is 6.42 Å². The Morgan fingerprint density at radius 2 is 1.94 bits per heavy atom. The summed E-state index contributed by atoms with van der Waals surface area (Å²) in [6, 6.07) is 3.91. The molecule has 5 nitrogen and oxygen atoms in total. The SMILES string of the molecule is c1cc(Cc2nc(C3CCOCC3)no2)ccn1. The molecule has 2 aromatic heterocycles. The van der Waals surface area contributed by atoms with Crippen LogP contribution in [-0.4, -0.2) is 28.3 Å². The van der Waals surface area contributed by atoms with Crippen LogP contribution >= 0.6 is 0 Å². The fourth-order valence-electron chi connectivity index (χ4n) is 2.14. The second-order valence-electron chi connectivity index (χ2n) is 4.47. The second kappa shape index (κ2) is 5.27. The van der Waals surface area contributed by atoms with E-state index in [0.717, 1.165) is 37.4 Å². The van der Waals surface area contributed by atoms with Gasteiger partial charge in [0.2, 0.25) is 5.89 Å². The van der Waals surface area contributed by atoms with Gasteiger partial charge in [-0.25, -0.2) is 0 Å². The largest absolute Gasteiger partial charge is 0.381 e. The molecule has 0 spiro atoms. The van der Waals surface area contributed by atoms with Gasteiger partial charge in [-0.1, -0.05) is 5.16 Å². The van der Waals surface area contributed by atoms with Crippen molar-refractivity contribution in [3.63, 3.8) is 0 Å². The van der Waals surface area contributed by atoms with Gasteiger partial charge in [0.15, 0.2) is 5.82 Å². The Labute approximate surface area is 105 Å². The van der Waals surface area contributed by atoms with Crippen molar-refractivity contribution in [2.45, 2.75) is 25.2 Å². The summed E-state index contributed by atoms with van der Waals surface area (Å²) in [4.78, 5) is 8.46. The van der Waals surface area contributed by atoms with Crippen LogP contribution < -0.4 is 0 Å². The van der Waals surface area contributed by atoms with E-state index in [0.29, 0.717) is 18.2 Å². The summed E-state index contributed by atoms with van der Waals surface area (Å²) in [5, 5.41) is 4.08. The number of ether oxygens (including phenoxy) is 1. The van der Waals surface area contributed by atoms with Crippen LogP contribution in [0.25, 0.3) is 0 Å². The van der Waals surface area contributed by atoms with Crippen molar-refractivity contribution in [3.8, 4) is 0 Å². The molecular formula is C13H15N3O2. The summed E-state index contributed by atoms with van der Waals surface area (Å²) in [6.45, 7) is 1.58. The topological polar surface area (TPSA) is 61.0 Å². The number of hydrogen-bond donors (Lipinski definition) is 0. The summed E-state index contributed by atoms with van der Waals surface area (Å²) in [5.74, 6) is 1.87. The molecule has 5 heteroatoms. The minimum atomic E-state index is 0.383. The van der Waals surface area contributed by atoms with Crippen molar-refractivity contribution in [2.75, 3.05) is 13.2 Å². The quantitative estimate of drug-likeness (QED) is 0.827. The maximum Gasteiger partial charge on any atom is 0.231 e. The third kappa shape index (κ3) is 2.56. The molecule has 3 heterocycles. The highest BCUT2D eigenvalue weighted by molar-refractivity contribution is 5.14. The summed E-state index contributed by atoms with van der Waals surface area (Å²) in [5.41, 5.74) is 1.13. The van der Waals surface area contributed by atoms with Gasteiger partial charge < -0.3 is 9.26 Å². The van der Waals surface area contributed by atoms with E-state index in [1.165, 1.54) is 0 Å². The maximum absolute atomic E-state index is 5.33. The Kier molecular flexibility index (Phi) is 3.32. The lowest BCUT2D eigenvalue weighted by Crippen LogP contribution is -2.15. The number of aromatic nitrogens is 3. The molecule has 18 heavy (non-hydrogen) atoms. The van der Waals surface area contributed by atoms with Crippen LogP contribution in [-0.2, 0) is 11.2 Å². The van der Waals surface area contributed by atoms with Crippen molar-refractivity contribution in [2.24, 2.45) is 0 Å². The smallest absolute Gasteiger partial charge is 0.231 e. The van der Waals surface area contributed by atoms with Gasteiger partial charge >= 0.3 is 0 Å². The number of hydrogen-bond acceptors (Lipinski definition) is 5. The minimum absolute atomic E-state index is 0.383. The maximum atomic E-state index is 5.33. The Morgan fingerprint density at radius 1 is 1.17 bits per heavy atom. The highest BCUT2D eigenvalue weighted by Crippen LogP contribution is 2.24. The van der Waals surface area contributed by atoms with Crippen LogP contribution in [0, 0.1) is 0 Å². The minimum Gasteiger partial charge on any atom is -0.381 e. The Hall–Kier alpha value is -1.75. The number of pyridine rings is 1. The van der Waals surface area contributed by atoms with Crippen molar-refractivity contribution in [3.05, 3.63) is 41.8 Å². The highest BCUT2D eigenvalue weighted by atomic mass is 16.5. The van der Waals surface area contributed by atoms with E-state index in [1.807, 2.05) is 12.1 Å². The van der Waals surface area contributed by atoms with Gasteiger partial charge in [-0.05, 0) is 30.5 Å². The Morgan fingerprint density at radius 3 is 2.72 bits per heavy atom. The standard InChI is InChI=1S/C13H15N3O2/c1-5-14-6-2-10(1)9-12-15-13(16-18-12)11-3-7-17-8-4-11/h1-2,5-6,11H,3-4,7-9H2. The van der Waals surface area contributed by atoms with Gasteiger partial charge in [-0.2, -0.15) is 4.98 Å². The van der Waals surface area contributed by atoms with Gasteiger partial charge in [-0.15, -0.1) is 0 Å². The summed E-state index contributed by atoms with van der Waals surface area (Å²) in [6.07, 6.45) is 6.16. The number of rotatable bonds is 3. The summed E-state index contributed by atoms with van der Waals surface area (Å²) < 4.78 is 10.6. The highest BCUT2D eigenvalue weighted by Gasteiger charge is 2.21. The molecule has 0 N–H and O–H groups in total. The normalized spacial score (nSPS) is 16.9. The molecule has 1 saturated heterocycles. The third-order valence-corrected chi connectivity index (χ3v) is 3.17. The molecule has 0 aromatic carbocycles. The molecule has 0 atom stereocenters. The van der Waals surface area contributed by atoms with Gasteiger partial charge in [-0.3, -0.25) is 4.98 Å². The summed E-state index contributed by atoms with van der Waals surface area (Å²) in [7, 11) is 0. The van der Waals surface area contributed by atoms with Gasteiger partial charge in [0.25, 0.3) is 0 Å². The Bertz CT molecular complexity index is 492. The monoisotopic (exact) mass is 245 g/mol. The van der Waals surface area contributed by atoms with E-state index in [9.17, 15) is 0 Å². The van der Waals surface area contributed by atoms with Crippen molar-refractivity contribution >= 4 is 0 Å². The molecule has 1 aliphatic rings. The zero-order valence-electron chi connectivity index (χ0n) is 10.1. The second-order valence-corrected chi connectivity index (χ2v) is 4.47. The van der Waals surface area contributed by atoms with Crippen molar-refractivity contribution < 1.29 is 9.26 Å². The Balaban J connectivity index is 1.69. The number of nitrogens with zero attached hydrogens (tertiary/aromatic N) is 3. The van der Waals surface area contributed by atoms with E-state index < -0.39 is 0 Å².